The molecule has 0 radical (unpaired) electrons. The fourth-order valence-electron chi connectivity index (χ4n) is 2.49. The maximum absolute atomic E-state index is 13.1. The normalized spacial score (nSPS) is 11.0. The number of carboxylic acid groups (broad SMARTS) is 1. The molecule has 7 nitrogen and oxygen atoms in total. The molecule has 0 bridgehead atoms. The van der Waals surface area contributed by atoms with E-state index in [0.717, 1.165) is 6.21 Å². The van der Waals surface area contributed by atoms with Crippen LogP contribution in [0.5, 0.6) is 5.88 Å². The quantitative estimate of drug-likeness (QED) is 0.503. The Morgan fingerprint density at radius 3 is 2.46 bits per heavy atom. The Morgan fingerprint density at radius 2 is 1.86 bits per heavy atom. The summed E-state index contributed by atoms with van der Waals surface area (Å²) in [7, 11) is 0. The van der Waals surface area contributed by atoms with E-state index in [1.54, 1.807) is 24.3 Å². The van der Waals surface area contributed by atoms with Gasteiger partial charge in [-0.1, -0.05) is 12.1 Å². The lowest BCUT2D eigenvalue weighted by Gasteiger charge is -2.11. The van der Waals surface area contributed by atoms with Crippen LogP contribution in [0.25, 0.3) is 5.69 Å². The molecule has 0 saturated carbocycles. The molecule has 9 heteroatoms. The zero-order valence-corrected chi connectivity index (χ0v) is 15.1. The van der Waals surface area contributed by atoms with Crippen molar-refractivity contribution >= 4 is 30.1 Å². The van der Waals surface area contributed by atoms with Crippen LogP contribution >= 0.6 is 12.2 Å². The number of nitrogens with one attached hydrogen (secondary N) is 1. The molecular formula is C19H13FN3O4S-. The SMILES string of the molecule is O=C([O-])Cc1ccc(N=Cc2c(O)n(-c3ccc(F)cc3)c(=S)[nH]c2=O)cc1. The molecule has 0 aliphatic carbocycles. The second kappa shape index (κ2) is 7.97. The highest BCUT2D eigenvalue weighted by Gasteiger charge is 2.12. The first-order chi connectivity index (χ1) is 13.3. The number of benzene rings is 2. The van der Waals surface area contributed by atoms with E-state index in [2.05, 4.69) is 9.98 Å². The Morgan fingerprint density at radius 1 is 1.21 bits per heavy atom. The highest BCUT2D eigenvalue weighted by Crippen LogP contribution is 2.20. The van der Waals surface area contributed by atoms with Crippen LogP contribution in [0, 0.1) is 10.6 Å². The number of hydrogen-bond acceptors (Lipinski definition) is 6. The number of hydrogen-bond donors (Lipinski definition) is 2. The van der Waals surface area contributed by atoms with Crippen molar-refractivity contribution in [2.45, 2.75) is 6.42 Å². The average Bonchev–Trinajstić information content (AvgIpc) is 2.63. The molecule has 1 aromatic heterocycles. The predicted octanol–water partition coefficient (Wildman–Crippen LogP) is 1.78. The molecule has 3 aromatic rings. The Kier molecular flexibility index (Phi) is 5.46. The lowest BCUT2D eigenvalue weighted by molar-refractivity contribution is -0.304. The van der Waals surface area contributed by atoms with Crippen molar-refractivity contribution < 1.29 is 19.4 Å². The number of rotatable bonds is 5. The number of carbonyl (C=O) groups is 1. The number of aliphatic carboxylic acids is 1. The van der Waals surface area contributed by atoms with Crippen molar-refractivity contribution in [2.24, 2.45) is 4.99 Å². The molecular weight excluding hydrogens is 385 g/mol. The number of halogens is 1. The van der Waals surface area contributed by atoms with Gasteiger partial charge in [-0.2, -0.15) is 0 Å². The summed E-state index contributed by atoms with van der Waals surface area (Å²) in [6.45, 7) is 0. The summed E-state index contributed by atoms with van der Waals surface area (Å²) in [4.78, 5) is 29.3. The summed E-state index contributed by atoms with van der Waals surface area (Å²) in [5.74, 6) is -2.09. The molecule has 2 N–H and O–H groups in total. The summed E-state index contributed by atoms with van der Waals surface area (Å²) in [5, 5.41) is 21.1. The first-order valence-corrected chi connectivity index (χ1v) is 8.43. The molecule has 0 atom stereocenters. The lowest BCUT2D eigenvalue weighted by atomic mass is 10.1. The van der Waals surface area contributed by atoms with Gasteiger partial charge in [-0.3, -0.25) is 19.3 Å². The van der Waals surface area contributed by atoms with Gasteiger partial charge in [0.15, 0.2) is 4.77 Å². The smallest absolute Gasteiger partial charge is 0.264 e. The maximum atomic E-state index is 13.1. The molecule has 142 valence electrons. The van der Waals surface area contributed by atoms with Gasteiger partial charge >= 0.3 is 0 Å². The second-order valence-corrected chi connectivity index (χ2v) is 6.17. The van der Waals surface area contributed by atoms with Crippen LogP contribution in [-0.2, 0) is 11.2 Å². The molecule has 0 amide bonds. The summed E-state index contributed by atoms with van der Waals surface area (Å²) in [6.07, 6.45) is 0.944. The lowest BCUT2D eigenvalue weighted by Crippen LogP contribution is -2.24. The molecule has 28 heavy (non-hydrogen) atoms. The van der Waals surface area contributed by atoms with Crippen LogP contribution in [0.4, 0.5) is 10.1 Å². The average molecular weight is 398 g/mol. The number of carbonyl (C=O) groups excluding carboxylic acids is 1. The van der Waals surface area contributed by atoms with Crippen molar-refractivity contribution in [1.29, 1.82) is 0 Å². The zero-order valence-electron chi connectivity index (χ0n) is 14.3. The van der Waals surface area contributed by atoms with E-state index in [-0.39, 0.29) is 16.8 Å². The number of carboxylic acids is 1. The molecule has 0 unspecified atom stereocenters. The summed E-state index contributed by atoms with van der Waals surface area (Å²) in [6, 6.07) is 11.5. The van der Waals surface area contributed by atoms with E-state index in [4.69, 9.17) is 12.2 Å². The monoisotopic (exact) mass is 398 g/mol. The van der Waals surface area contributed by atoms with Gasteiger partial charge in [0, 0.05) is 18.6 Å². The van der Waals surface area contributed by atoms with Gasteiger partial charge in [0.05, 0.1) is 11.4 Å². The minimum absolute atomic E-state index is 0.0575. The van der Waals surface area contributed by atoms with Gasteiger partial charge in [-0.15, -0.1) is 0 Å². The number of H-pyrrole nitrogens is 1. The van der Waals surface area contributed by atoms with E-state index in [1.807, 2.05) is 0 Å². The van der Waals surface area contributed by atoms with Crippen LogP contribution in [-0.4, -0.2) is 26.8 Å². The van der Waals surface area contributed by atoms with E-state index in [9.17, 15) is 24.2 Å². The molecule has 2 aromatic carbocycles. The molecule has 3 rings (SSSR count). The Bertz CT molecular complexity index is 1170. The number of aromatic nitrogens is 2. The standard InChI is InChI=1S/C19H14FN3O4S/c20-12-3-7-14(8-4-12)23-18(27)15(17(26)22-19(23)28)10-21-13-5-1-11(2-6-13)9-16(24)25/h1-8,10,27H,9H2,(H,24,25)(H,22,26,28)/p-1. The van der Waals surface area contributed by atoms with E-state index in [1.165, 1.54) is 28.8 Å². The van der Waals surface area contributed by atoms with Gasteiger partial charge < -0.3 is 15.0 Å². The minimum Gasteiger partial charge on any atom is -0.550 e. The minimum atomic E-state index is -1.19. The van der Waals surface area contributed by atoms with Crippen LogP contribution < -0.4 is 10.7 Å². The van der Waals surface area contributed by atoms with E-state index >= 15 is 0 Å². The van der Waals surface area contributed by atoms with Crippen molar-refractivity contribution in [1.82, 2.24) is 9.55 Å². The number of aromatic hydroxyl groups is 1. The number of aromatic amines is 1. The van der Waals surface area contributed by atoms with Gasteiger partial charge in [0.1, 0.15) is 11.4 Å². The van der Waals surface area contributed by atoms with E-state index in [0.29, 0.717) is 16.9 Å². The molecule has 0 fully saturated rings. The summed E-state index contributed by atoms with van der Waals surface area (Å²) >= 11 is 5.08. The fourth-order valence-corrected chi connectivity index (χ4v) is 2.77. The summed E-state index contributed by atoms with van der Waals surface area (Å²) < 4.78 is 14.3. The highest BCUT2D eigenvalue weighted by molar-refractivity contribution is 7.71. The second-order valence-electron chi connectivity index (χ2n) is 5.78. The van der Waals surface area contributed by atoms with Crippen molar-refractivity contribution in [2.75, 3.05) is 0 Å². The summed E-state index contributed by atoms with van der Waals surface area (Å²) in [5.41, 5.74) is 0.567. The maximum Gasteiger partial charge on any atom is 0.264 e. The van der Waals surface area contributed by atoms with Crippen molar-refractivity contribution in [3.8, 4) is 11.6 Å². The Balaban J connectivity index is 1.98. The first-order valence-electron chi connectivity index (χ1n) is 8.02. The van der Waals surface area contributed by atoms with Crippen molar-refractivity contribution in [3.63, 3.8) is 0 Å². The molecule has 0 saturated heterocycles. The Labute approximate surface area is 163 Å². The molecule has 0 spiro atoms. The van der Waals surface area contributed by atoms with Crippen LogP contribution in [0.3, 0.4) is 0 Å². The fraction of sp³-hybridized carbons (Fsp3) is 0.0526. The Hall–Kier alpha value is -3.59. The molecule has 0 aliphatic heterocycles. The van der Waals surface area contributed by atoms with Crippen molar-refractivity contribution in [3.05, 3.63) is 80.6 Å². The third-order valence-corrected chi connectivity index (χ3v) is 4.12. The highest BCUT2D eigenvalue weighted by atomic mass is 32.1. The largest absolute Gasteiger partial charge is 0.550 e. The third kappa shape index (κ3) is 4.21. The molecule has 1 heterocycles. The van der Waals surface area contributed by atoms with Crippen LogP contribution in [0.15, 0.2) is 58.3 Å². The first kappa shape index (κ1) is 19.2. The van der Waals surface area contributed by atoms with Gasteiger partial charge in [0.2, 0.25) is 5.88 Å². The van der Waals surface area contributed by atoms with Gasteiger partial charge in [-0.25, -0.2) is 4.39 Å². The van der Waals surface area contributed by atoms with E-state index < -0.39 is 23.2 Å². The van der Waals surface area contributed by atoms with Gasteiger partial charge in [0.25, 0.3) is 5.56 Å². The topological polar surface area (TPSA) is 111 Å². The zero-order chi connectivity index (χ0) is 20.3. The van der Waals surface area contributed by atoms with Crippen LogP contribution in [0.2, 0.25) is 0 Å². The van der Waals surface area contributed by atoms with Crippen LogP contribution in [0.1, 0.15) is 11.1 Å². The number of aliphatic imine (C=N–C) groups is 1. The predicted molar refractivity (Wildman–Crippen MR) is 101 cm³/mol. The molecule has 0 aliphatic rings. The van der Waals surface area contributed by atoms with Gasteiger partial charge in [-0.05, 0) is 54.2 Å². The number of nitrogens with zero attached hydrogens (tertiary/aromatic N) is 2. The third-order valence-electron chi connectivity index (χ3n) is 3.83.